The maximum atomic E-state index is 12.8. The van der Waals surface area contributed by atoms with Gasteiger partial charge < -0.3 is 9.88 Å². The van der Waals surface area contributed by atoms with Crippen molar-refractivity contribution in [3.8, 4) is 0 Å². The van der Waals surface area contributed by atoms with E-state index >= 15 is 0 Å². The summed E-state index contributed by atoms with van der Waals surface area (Å²) in [5.41, 5.74) is 1.82. The second-order valence-electron chi connectivity index (χ2n) is 6.05. The van der Waals surface area contributed by atoms with Crippen LogP contribution in [0.2, 0.25) is 5.02 Å². The van der Waals surface area contributed by atoms with E-state index in [0.717, 1.165) is 48.7 Å². The quantitative estimate of drug-likeness (QED) is 0.886. The van der Waals surface area contributed by atoms with Gasteiger partial charge in [-0.05, 0) is 43.0 Å². The fourth-order valence-corrected chi connectivity index (χ4v) is 3.25. The predicted octanol–water partition coefficient (Wildman–Crippen LogP) is 4.11. The molecule has 112 valence electrons. The molecule has 0 bridgehead atoms. The van der Waals surface area contributed by atoms with Crippen LogP contribution in [-0.4, -0.2) is 29.4 Å². The van der Waals surface area contributed by atoms with Crippen molar-refractivity contribution in [3.05, 3.63) is 35.0 Å². The maximum absolute atomic E-state index is 12.8. The average molecular weight is 305 g/mol. The van der Waals surface area contributed by atoms with Crippen LogP contribution in [0.15, 0.2) is 24.4 Å². The summed E-state index contributed by atoms with van der Waals surface area (Å²) in [5, 5.41) is 1.79. The zero-order valence-electron chi connectivity index (χ0n) is 12.6. The summed E-state index contributed by atoms with van der Waals surface area (Å²) in [6.45, 7) is 2.98. The van der Waals surface area contributed by atoms with Gasteiger partial charge in [0.25, 0.3) is 0 Å². The first-order chi connectivity index (χ1) is 10.1. The van der Waals surface area contributed by atoms with Crippen LogP contribution >= 0.6 is 11.6 Å². The number of aromatic nitrogens is 1. The molecule has 0 spiro atoms. The number of aromatic amines is 1. The number of amides is 1. The summed E-state index contributed by atoms with van der Waals surface area (Å²) in [6.07, 6.45) is 6.01. The molecule has 21 heavy (non-hydrogen) atoms. The van der Waals surface area contributed by atoms with E-state index < -0.39 is 0 Å². The molecule has 1 saturated carbocycles. The fourth-order valence-electron chi connectivity index (χ4n) is 3.07. The minimum Gasteiger partial charge on any atom is -0.361 e. The van der Waals surface area contributed by atoms with Crippen molar-refractivity contribution in [2.75, 3.05) is 13.6 Å². The summed E-state index contributed by atoms with van der Waals surface area (Å²) in [4.78, 5) is 18.0. The molecule has 1 aromatic heterocycles. The van der Waals surface area contributed by atoms with Crippen LogP contribution in [-0.2, 0) is 10.2 Å². The van der Waals surface area contributed by atoms with Crippen molar-refractivity contribution in [1.29, 1.82) is 0 Å². The SMILES string of the molecule is CCCCN(C)C(=O)C1(c2c[nH]c3ccc(Cl)cc23)CC1. The molecule has 1 fully saturated rings. The van der Waals surface area contributed by atoms with Crippen molar-refractivity contribution in [2.24, 2.45) is 0 Å². The zero-order valence-corrected chi connectivity index (χ0v) is 13.3. The van der Waals surface area contributed by atoms with Gasteiger partial charge in [0.05, 0.1) is 5.41 Å². The Labute approximate surface area is 130 Å². The molecule has 3 nitrogen and oxygen atoms in total. The lowest BCUT2D eigenvalue weighted by Gasteiger charge is -2.23. The van der Waals surface area contributed by atoms with Gasteiger partial charge in [0.1, 0.15) is 0 Å². The van der Waals surface area contributed by atoms with Gasteiger partial charge in [0.2, 0.25) is 5.91 Å². The number of halogens is 1. The third kappa shape index (κ3) is 2.44. The molecule has 0 aliphatic heterocycles. The molecule has 1 amide bonds. The summed E-state index contributed by atoms with van der Waals surface area (Å²) in [5.74, 6) is 0.247. The standard InChI is InChI=1S/C17H21ClN2O/c1-3-4-9-20(2)16(21)17(7-8-17)14-11-19-15-6-5-12(18)10-13(14)15/h5-6,10-11,19H,3-4,7-9H2,1-2H3. The van der Waals surface area contributed by atoms with Crippen molar-refractivity contribution in [2.45, 2.75) is 38.0 Å². The first-order valence-corrected chi connectivity index (χ1v) is 7.99. The Hall–Kier alpha value is -1.48. The molecule has 3 rings (SSSR count). The van der Waals surface area contributed by atoms with Gasteiger partial charge >= 0.3 is 0 Å². The van der Waals surface area contributed by atoms with E-state index in [1.54, 1.807) is 0 Å². The molecule has 1 heterocycles. The number of hydrogen-bond acceptors (Lipinski definition) is 1. The minimum atomic E-state index is -0.328. The Morgan fingerprint density at radius 1 is 1.43 bits per heavy atom. The molecule has 0 unspecified atom stereocenters. The third-order valence-electron chi connectivity index (χ3n) is 4.51. The molecule has 2 aromatic rings. The van der Waals surface area contributed by atoms with Crippen LogP contribution in [0, 0.1) is 0 Å². The van der Waals surface area contributed by atoms with Crippen LogP contribution in [0.1, 0.15) is 38.2 Å². The topological polar surface area (TPSA) is 36.1 Å². The highest BCUT2D eigenvalue weighted by Gasteiger charge is 2.53. The zero-order chi connectivity index (χ0) is 15.0. The van der Waals surface area contributed by atoms with Gasteiger partial charge in [-0.15, -0.1) is 0 Å². The smallest absolute Gasteiger partial charge is 0.233 e. The Kier molecular flexibility index (Phi) is 3.70. The Morgan fingerprint density at radius 3 is 2.86 bits per heavy atom. The lowest BCUT2D eigenvalue weighted by Crippen LogP contribution is -2.37. The largest absolute Gasteiger partial charge is 0.361 e. The van der Waals surface area contributed by atoms with Crippen molar-refractivity contribution in [1.82, 2.24) is 9.88 Å². The fraction of sp³-hybridized carbons (Fsp3) is 0.471. The number of likely N-dealkylation sites (N-methyl/N-ethyl adjacent to an activating group) is 1. The lowest BCUT2D eigenvalue weighted by atomic mass is 9.94. The van der Waals surface area contributed by atoms with Gasteiger partial charge in [0, 0.05) is 35.7 Å². The molecule has 4 heteroatoms. The Morgan fingerprint density at radius 2 is 2.19 bits per heavy atom. The van der Waals surface area contributed by atoms with Crippen LogP contribution in [0.3, 0.4) is 0 Å². The van der Waals surface area contributed by atoms with Crippen LogP contribution in [0.25, 0.3) is 10.9 Å². The van der Waals surface area contributed by atoms with E-state index in [-0.39, 0.29) is 11.3 Å². The number of benzene rings is 1. The molecule has 1 aromatic carbocycles. The van der Waals surface area contributed by atoms with E-state index in [1.807, 2.05) is 36.3 Å². The second kappa shape index (κ2) is 5.38. The number of carbonyl (C=O) groups is 1. The van der Waals surface area contributed by atoms with Crippen molar-refractivity contribution in [3.63, 3.8) is 0 Å². The van der Waals surface area contributed by atoms with E-state index in [0.29, 0.717) is 5.02 Å². The summed E-state index contributed by atoms with van der Waals surface area (Å²) in [6, 6.07) is 5.81. The molecule has 1 aliphatic carbocycles. The van der Waals surface area contributed by atoms with E-state index in [4.69, 9.17) is 11.6 Å². The highest BCUT2D eigenvalue weighted by atomic mass is 35.5. The van der Waals surface area contributed by atoms with Crippen LogP contribution < -0.4 is 0 Å². The minimum absolute atomic E-state index is 0.247. The molecule has 0 atom stereocenters. The maximum Gasteiger partial charge on any atom is 0.233 e. The Balaban J connectivity index is 1.94. The number of nitrogens with one attached hydrogen (secondary N) is 1. The van der Waals surface area contributed by atoms with E-state index in [1.165, 1.54) is 0 Å². The average Bonchev–Trinajstić information content (AvgIpc) is 3.18. The third-order valence-corrected chi connectivity index (χ3v) is 4.75. The number of hydrogen-bond donors (Lipinski definition) is 1. The normalized spacial score (nSPS) is 16.1. The molecule has 0 radical (unpaired) electrons. The summed E-state index contributed by atoms with van der Waals surface area (Å²) < 4.78 is 0. The van der Waals surface area contributed by atoms with Crippen molar-refractivity contribution < 1.29 is 4.79 Å². The van der Waals surface area contributed by atoms with Gasteiger partial charge in [0.15, 0.2) is 0 Å². The molecular weight excluding hydrogens is 284 g/mol. The second-order valence-corrected chi connectivity index (χ2v) is 6.49. The number of nitrogens with zero attached hydrogens (tertiary/aromatic N) is 1. The number of fused-ring (bicyclic) bond motifs is 1. The number of H-pyrrole nitrogens is 1. The lowest BCUT2D eigenvalue weighted by molar-refractivity contribution is -0.132. The van der Waals surface area contributed by atoms with Gasteiger partial charge in [-0.25, -0.2) is 0 Å². The van der Waals surface area contributed by atoms with E-state index in [2.05, 4.69) is 11.9 Å². The van der Waals surface area contributed by atoms with Crippen molar-refractivity contribution >= 4 is 28.4 Å². The van der Waals surface area contributed by atoms with E-state index in [9.17, 15) is 4.79 Å². The molecule has 0 saturated heterocycles. The van der Waals surface area contributed by atoms with Crippen LogP contribution in [0.4, 0.5) is 0 Å². The van der Waals surface area contributed by atoms with Gasteiger partial charge in [-0.2, -0.15) is 0 Å². The first kappa shape index (κ1) is 14.5. The number of carbonyl (C=O) groups excluding carboxylic acids is 1. The molecule has 1 N–H and O–H groups in total. The van der Waals surface area contributed by atoms with Gasteiger partial charge in [-0.3, -0.25) is 4.79 Å². The highest BCUT2D eigenvalue weighted by Crippen LogP contribution is 2.51. The predicted molar refractivity (Wildman–Crippen MR) is 86.8 cm³/mol. The number of unbranched alkanes of at least 4 members (excludes halogenated alkanes) is 1. The highest BCUT2D eigenvalue weighted by molar-refractivity contribution is 6.31. The number of rotatable bonds is 5. The summed E-state index contributed by atoms with van der Waals surface area (Å²) >= 11 is 6.12. The van der Waals surface area contributed by atoms with Gasteiger partial charge in [-0.1, -0.05) is 24.9 Å². The molecular formula is C17H21ClN2O. The molecule has 1 aliphatic rings. The van der Waals surface area contributed by atoms with Crippen LogP contribution in [0.5, 0.6) is 0 Å². The monoisotopic (exact) mass is 304 g/mol. The Bertz CT molecular complexity index is 672. The summed E-state index contributed by atoms with van der Waals surface area (Å²) in [7, 11) is 1.92. The first-order valence-electron chi connectivity index (χ1n) is 7.61.